The summed E-state index contributed by atoms with van der Waals surface area (Å²) in [4.78, 5) is 3.62. The van der Waals surface area contributed by atoms with Crippen molar-refractivity contribution in [3.05, 3.63) is 22.6 Å². The van der Waals surface area contributed by atoms with Crippen LogP contribution in [0.3, 0.4) is 0 Å². The Labute approximate surface area is 91.2 Å². The van der Waals surface area contributed by atoms with Crippen LogP contribution in [0.5, 0.6) is 5.88 Å². The average molecular weight is 231 g/mol. The van der Waals surface area contributed by atoms with E-state index < -0.39 is 5.82 Å². The summed E-state index contributed by atoms with van der Waals surface area (Å²) >= 11 is 5.56. The molecule has 4 nitrogen and oxygen atoms in total. The Morgan fingerprint density at radius 2 is 2.33 bits per heavy atom. The fourth-order valence-corrected chi connectivity index (χ4v) is 1.02. The maximum Gasteiger partial charge on any atom is 0.252 e. The third kappa shape index (κ3) is 2.78. The molecule has 0 aliphatic rings. The van der Waals surface area contributed by atoms with Crippen molar-refractivity contribution in [2.75, 3.05) is 20.3 Å². The SMILES string of the molecule is COCCOc1ncc(C#N)c(Cl)c1F. The number of ether oxygens (including phenoxy) is 2. The predicted octanol–water partition coefficient (Wildman–Crippen LogP) is 1.77. The summed E-state index contributed by atoms with van der Waals surface area (Å²) in [7, 11) is 1.50. The molecule has 0 radical (unpaired) electrons. The standard InChI is InChI=1S/C9H8ClFN2O2/c1-14-2-3-15-9-8(11)7(10)6(4-12)5-13-9/h5H,2-3H2,1H3. The van der Waals surface area contributed by atoms with Crippen molar-refractivity contribution in [1.29, 1.82) is 5.26 Å². The van der Waals surface area contributed by atoms with Gasteiger partial charge in [0.2, 0.25) is 5.82 Å². The van der Waals surface area contributed by atoms with Crippen LogP contribution in [0.1, 0.15) is 5.56 Å². The fourth-order valence-electron chi connectivity index (χ4n) is 0.849. The Morgan fingerprint density at radius 3 is 2.93 bits per heavy atom. The zero-order valence-corrected chi connectivity index (χ0v) is 8.71. The van der Waals surface area contributed by atoms with Crippen molar-refractivity contribution in [3.8, 4) is 11.9 Å². The van der Waals surface area contributed by atoms with Crippen LogP contribution in [0, 0.1) is 17.1 Å². The maximum absolute atomic E-state index is 13.4. The zero-order chi connectivity index (χ0) is 11.3. The molecule has 0 aliphatic carbocycles. The van der Waals surface area contributed by atoms with Crippen molar-refractivity contribution in [2.24, 2.45) is 0 Å². The Morgan fingerprint density at radius 1 is 1.60 bits per heavy atom. The van der Waals surface area contributed by atoms with Gasteiger partial charge in [-0.15, -0.1) is 0 Å². The van der Waals surface area contributed by atoms with Gasteiger partial charge in [0.25, 0.3) is 5.88 Å². The Bertz CT molecular complexity index is 392. The number of hydrogen-bond acceptors (Lipinski definition) is 4. The largest absolute Gasteiger partial charge is 0.473 e. The summed E-state index contributed by atoms with van der Waals surface area (Å²) in [5.74, 6) is -1.05. The molecule has 0 fully saturated rings. The van der Waals surface area contributed by atoms with E-state index >= 15 is 0 Å². The second-order valence-corrected chi connectivity index (χ2v) is 2.94. The number of nitriles is 1. The van der Waals surface area contributed by atoms with Gasteiger partial charge in [0.15, 0.2) is 0 Å². The van der Waals surface area contributed by atoms with Gasteiger partial charge in [0, 0.05) is 7.11 Å². The van der Waals surface area contributed by atoms with E-state index in [0.29, 0.717) is 6.61 Å². The average Bonchev–Trinajstić information content (AvgIpc) is 2.25. The summed E-state index contributed by atoms with van der Waals surface area (Å²) < 4.78 is 23.0. The molecule has 0 saturated heterocycles. The molecule has 1 rings (SSSR count). The smallest absolute Gasteiger partial charge is 0.252 e. The fraction of sp³-hybridized carbons (Fsp3) is 0.333. The van der Waals surface area contributed by atoms with E-state index in [-0.39, 0.29) is 23.1 Å². The monoisotopic (exact) mass is 230 g/mol. The molecule has 0 amide bonds. The number of methoxy groups -OCH3 is 1. The number of halogens is 2. The zero-order valence-electron chi connectivity index (χ0n) is 7.96. The highest BCUT2D eigenvalue weighted by Gasteiger charge is 2.13. The lowest BCUT2D eigenvalue weighted by Gasteiger charge is -2.06. The summed E-state index contributed by atoms with van der Waals surface area (Å²) in [6.45, 7) is 0.487. The van der Waals surface area contributed by atoms with Crippen molar-refractivity contribution < 1.29 is 13.9 Å². The van der Waals surface area contributed by atoms with Crippen LogP contribution in [0.2, 0.25) is 5.02 Å². The molecule has 15 heavy (non-hydrogen) atoms. The molecule has 0 N–H and O–H groups in total. The minimum atomic E-state index is -0.827. The lowest BCUT2D eigenvalue weighted by atomic mass is 10.3. The van der Waals surface area contributed by atoms with E-state index in [0.717, 1.165) is 6.20 Å². The van der Waals surface area contributed by atoms with E-state index in [1.165, 1.54) is 7.11 Å². The summed E-state index contributed by atoms with van der Waals surface area (Å²) in [6.07, 6.45) is 1.16. The quantitative estimate of drug-likeness (QED) is 0.740. The third-order valence-corrected chi connectivity index (χ3v) is 1.94. The summed E-state index contributed by atoms with van der Waals surface area (Å²) in [5, 5.41) is 8.27. The second kappa shape index (κ2) is 5.49. The van der Waals surface area contributed by atoms with E-state index in [9.17, 15) is 4.39 Å². The van der Waals surface area contributed by atoms with Gasteiger partial charge in [-0.3, -0.25) is 0 Å². The van der Waals surface area contributed by atoms with Gasteiger partial charge in [-0.25, -0.2) is 4.98 Å². The molecule has 0 bridgehead atoms. The number of nitrogens with zero attached hydrogens (tertiary/aromatic N) is 2. The van der Waals surface area contributed by atoms with Gasteiger partial charge in [0.1, 0.15) is 17.7 Å². The first-order valence-electron chi connectivity index (χ1n) is 4.06. The van der Waals surface area contributed by atoms with E-state index in [1.807, 2.05) is 0 Å². The van der Waals surface area contributed by atoms with Crippen LogP contribution in [0.4, 0.5) is 4.39 Å². The Hall–Kier alpha value is -1.38. The van der Waals surface area contributed by atoms with Crippen LogP contribution in [0.15, 0.2) is 6.20 Å². The number of pyridine rings is 1. The van der Waals surface area contributed by atoms with Crippen molar-refractivity contribution in [1.82, 2.24) is 4.98 Å². The molecule has 1 aromatic heterocycles. The molecule has 0 unspecified atom stereocenters. The van der Waals surface area contributed by atoms with Gasteiger partial charge in [-0.1, -0.05) is 11.6 Å². The highest BCUT2D eigenvalue weighted by atomic mass is 35.5. The molecule has 80 valence electrons. The highest BCUT2D eigenvalue weighted by molar-refractivity contribution is 6.31. The molecular formula is C9H8ClFN2O2. The molecule has 1 aromatic rings. The van der Waals surface area contributed by atoms with Crippen LogP contribution in [-0.2, 0) is 4.74 Å². The van der Waals surface area contributed by atoms with Gasteiger partial charge < -0.3 is 9.47 Å². The van der Waals surface area contributed by atoms with E-state index in [1.54, 1.807) is 6.07 Å². The van der Waals surface area contributed by atoms with Gasteiger partial charge in [0.05, 0.1) is 18.4 Å². The van der Waals surface area contributed by atoms with Crippen LogP contribution in [-0.4, -0.2) is 25.3 Å². The molecule has 0 aliphatic heterocycles. The van der Waals surface area contributed by atoms with Crippen molar-refractivity contribution in [2.45, 2.75) is 0 Å². The molecule has 1 heterocycles. The molecule has 0 spiro atoms. The number of aromatic nitrogens is 1. The molecule has 0 aromatic carbocycles. The minimum absolute atomic E-state index is 0.0201. The van der Waals surface area contributed by atoms with E-state index in [2.05, 4.69) is 4.98 Å². The van der Waals surface area contributed by atoms with Crippen LogP contribution >= 0.6 is 11.6 Å². The minimum Gasteiger partial charge on any atom is -0.473 e. The molecule has 0 atom stereocenters. The third-order valence-electron chi connectivity index (χ3n) is 1.57. The summed E-state index contributed by atoms with van der Waals surface area (Å²) in [5.41, 5.74) is -0.0201. The molecule has 0 saturated carbocycles. The topological polar surface area (TPSA) is 55.1 Å². The van der Waals surface area contributed by atoms with Gasteiger partial charge >= 0.3 is 0 Å². The van der Waals surface area contributed by atoms with E-state index in [4.69, 9.17) is 26.3 Å². The van der Waals surface area contributed by atoms with Gasteiger partial charge in [-0.2, -0.15) is 9.65 Å². The predicted molar refractivity (Wildman–Crippen MR) is 51.3 cm³/mol. The lowest BCUT2D eigenvalue weighted by molar-refractivity contribution is 0.141. The molecule has 6 heteroatoms. The number of rotatable bonds is 4. The first-order chi connectivity index (χ1) is 7.20. The first kappa shape index (κ1) is 11.7. The lowest BCUT2D eigenvalue weighted by Crippen LogP contribution is -2.07. The van der Waals surface area contributed by atoms with Crippen LogP contribution < -0.4 is 4.74 Å². The highest BCUT2D eigenvalue weighted by Crippen LogP contribution is 2.25. The first-order valence-corrected chi connectivity index (χ1v) is 4.44. The second-order valence-electron chi connectivity index (χ2n) is 2.56. The molecular weight excluding hydrogens is 223 g/mol. The normalized spacial score (nSPS) is 9.73. The van der Waals surface area contributed by atoms with Crippen LogP contribution in [0.25, 0.3) is 0 Å². The maximum atomic E-state index is 13.4. The number of hydrogen-bond donors (Lipinski definition) is 0. The Balaban J connectivity index is 2.83. The Kier molecular flexibility index (Phi) is 4.28. The van der Waals surface area contributed by atoms with Crippen molar-refractivity contribution >= 4 is 11.6 Å². The summed E-state index contributed by atoms with van der Waals surface area (Å²) in [6, 6.07) is 1.72. The van der Waals surface area contributed by atoms with Crippen molar-refractivity contribution in [3.63, 3.8) is 0 Å². The van der Waals surface area contributed by atoms with Gasteiger partial charge in [-0.05, 0) is 0 Å².